The van der Waals surface area contributed by atoms with E-state index in [0.717, 1.165) is 27.9 Å². The summed E-state index contributed by atoms with van der Waals surface area (Å²) in [7, 11) is 0. The van der Waals surface area contributed by atoms with Crippen molar-refractivity contribution in [2.45, 2.75) is 0 Å². The molecule has 2 N–H and O–H groups in total. The average Bonchev–Trinajstić information content (AvgIpc) is 2.94. The number of anilines is 1. The normalized spacial score (nSPS) is 11.0. The topological polar surface area (TPSA) is 26.0 Å². The monoisotopic (exact) mass is 447 g/mol. The van der Waals surface area contributed by atoms with E-state index in [1.807, 2.05) is 6.07 Å². The Labute approximate surface area is 206 Å². The largest absolute Gasteiger partial charge is 0.398 e. The highest BCUT2D eigenvalue weighted by atomic mass is 14.6. The van der Waals surface area contributed by atoms with E-state index in [4.69, 9.17) is 5.73 Å². The summed E-state index contributed by atoms with van der Waals surface area (Å²) in [4.78, 5) is 0. The molecule has 0 saturated carbocycles. The van der Waals surface area contributed by atoms with Gasteiger partial charge in [0, 0.05) is 16.8 Å². The Hall–Kier alpha value is -4.62. The number of nitrogens with two attached hydrogens (primary N) is 1. The fourth-order valence-corrected chi connectivity index (χ4v) is 4.95. The van der Waals surface area contributed by atoms with E-state index in [1.165, 1.54) is 33.0 Å². The minimum atomic E-state index is 0.800. The summed E-state index contributed by atoms with van der Waals surface area (Å²) >= 11 is 0. The van der Waals surface area contributed by atoms with Crippen LogP contribution in [0.3, 0.4) is 0 Å². The molecule has 0 bridgehead atoms. The summed E-state index contributed by atoms with van der Waals surface area (Å²) in [6.45, 7) is 0. The molecule has 35 heavy (non-hydrogen) atoms. The Bertz CT molecular complexity index is 1620. The molecule has 0 saturated heterocycles. The Morgan fingerprint density at radius 1 is 0.314 bits per heavy atom. The first-order valence-corrected chi connectivity index (χ1v) is 11.9. The fraction of sp³-hybridized carbons (Fsp3) is 0. The second-order valence-electron chi connectivity index (χ2n) is 8.78. The van der Waals surface area contributed by atoms with Crippen LogP contribution in [0.1, 0.15) is 0 Å². The van der Waals surface area contributed by atoms with E-state index in [0.29, 0.717) is 0 Å². The molecule has 0 unspecified atom stereocenters. The molecule has 0 radical (unpaired) electrons. The van der Waals surface area contributed by atoms with Crippen LogP contribution in [0.5, 0.6) is 0 Å². The van der Waals surface area contributed by atoms with E-state index in [2.05, 4.69) is 133 Å². The van der Waals surface area contributed by atoms with Gasteiger partial charge < -0.3 is 5.73 Å². The van der Waals surface area contributed by atoms with Crippen molar-refractivity contribution in [3.8, 4) is 44.5 Å². The second kappa shape index (κ2) is 8.96. The van der Waals surface area contributed by atoms with Gasteiger partial charge in [-0.15, -0.1) is 0 Å². The van der Waals surface area contributed by atoms with Gasteiger partial charge in [0.05, 0.1) is 0 Å². The fourth-order valence-electron chi connectivity index (χ4n) is 4.95. The highest BCUT2D eigenvalue weighted by Crippen LogP contribution is 2.40. The molecule has 166 valence electrons. The molecule has 0 aromatic heterocycles. The maximum atomic E-state index is 6.82. The SMILES string of the molecule is Nc1c(-c2ccc(-c3cccc4ccccc34)cc2)cccc1-c1ccccc1-c1ccccc1. The first kappa shape index (κ1) is 20.9. The molecule has 0 amide bonds. The van der Waals surface area contributed by atoms with Crippen molar-refractivity contribution in [2.24, 2.45) is 0 Å². The minimum absolute atomic E-state index is 0.800. The highest BCUT2D eigenvalue weighted by Gasteiger charge is 2.13. The van der Waals surface area contributed by atoms with Gasteiger partial charge in [0.1, 0.15) is 0 Å². The van der Waals surface area contributed by atoms with E-state index in [1.54, 1.807) is 0 Å². The maximum absolute atomic E-state index is 6.82. The van der Waals surface area contributed by atoms with Crippen LogP contribution >= 0.6 is 0 Å². The molecular weight excluding hydrogens is 422 g/mol. The van der Waals surface area contributed by atoms with Gasteiger partial charge in [0.2, 0.25) is 0 Å². The molecule has 0 fully saturated rings. The molecule has 0 aliphatic rings. The van der Waals surface area contributed by atoms with E-state index in [9.17, 15) is 0 Å². The van der Waals surface area contributed by atoms with Crippen molar-refractivity contribution < 1.29 is 0 Å². The number of benzene rings is 6. The first-order chi connectivity index (χ1) is 17.3. The molecule has 0 aliphatic carbocycles. The number of rotatable bonds is 4. The molecule has 0 atom stereocenters. The van der Waals surface area contributed by atoms with E-state index < -0.39 is 0 Å². The van der Waals surface area contributed by atoms with Crippen LogP contribution in [0.4, 0.5) is 5.69 Å². The molecule has 0 spiro atoms. The van der Waals surface area contributed by atoms with Gasteiger partial charge in [-0.25, -0.2) is 0 Å². The Balaban J connectivity index is 1.41. The third kappa shape index (κ3) is 3.88. The van der Waals surface area contributed by atoms with Gasteiger partial charge in [-0.3, -0.25) is 0 Å². The highest BCUT2D eigenvalue weighted by molar-refractivity contribution is 5.98. The Morgan fingerprint density at radius 3 is 1.60 bits per heavy atom. The van der Waals surface area contributed by atoms with Gasteiger partial charge in [-0.1, -0.05) is 140 Å². The zero-order valence-electron chi connectivity index (χ0n) is 19.4. The van der Waals surface area contributed by atoms with Crippen LogP contribution in [0.2, 0.25) is 0 Å². The third-order valence-electron chi connectivity index (χ3n) is 6.70. The molecule has 1 heteroatoms. The van der Waals surface area contributed by atoms with Gasteiger partial charge in [0.15, 0.2) is 0 Å². The van der Waals surface area contributed by atoms with Crippen LogP contribution in [0.15, 0.2) is 140 Å². The molecular formula is C34H25N. The molecule has 6 aromatic rings. The van der Waals surface area contributed by atoms with Crippen molar-refractivity contribution in [3.63, 3.8) is 0 Å². The average molecular weight is 448 g/mol. The summed E-state index contributed by atoms with van der Waals surface area (Å²) in [5.41, 5.74) is 16.8. The summed E-state index contributed by atoms with van der Waals surface area (Å²) in [5.74, 6) is 0. The van der Waals surface area contributed by atoms with Gasteiger partial charge >= 0.3 is 0 Å². The van der Waals surface area contributed by atoms with E-state index >= 15 is 0 Å². The number of hydrogen-bond acceptors (Lipinski definition) is 1. The van der Waals surface area contributed by atoms with Crippen molar-refractivity contribution in [2.75, 3.05) is 5.73 Å². The lowest BCUT2D eigenvalue weighted by Gasteiger charge is -2.15. The van der Waals surface area contributed by atoms with Crippen LogP contribution in [-0.2, 0) is 0 Å². The zero-order valence-corrected chi connectivity index (χ0v) is 19.4. The molecule has 6 aromatic carbocycles. The van der Waals surface area contributed by atoms with Gasteiger partial charge in [-0.2, -0.15) is 0 Å². The predicted octanol–water partition coefficient (Wildman–Crippen LogP) is 9.09. The zero-order chi connectivity index (χ0) is 23.6. The summed E-state index contributed by atoms with van der Waals surface area (Å²) < 4.78 is 0. The number of para-hydroxylation sites is 1. The lowest BCUT2D eigenvalue weighted by molar-refractivity contribution is 1.56. The van der Waals surface area contributed by atoms with Crippen molar-refractivity contribution in [1.29, 1.82) is 0 Å². The van der Waals surface area contributed by atoms with Gasteiger partial charge in [0.25, 0.3) is 0 Å². The molecule has 0 aliphatic heterocycles. The smallest absolute Gasteiger partial charge is 0.0473 e. The number of fused-ring (bicyclic) bond motifs is 1. The summed E-state index contributed by atoms with van der Waals surface area (Å²) in [6.07, 6.45) is 0. The van der Waals surface area contributed by atoms with Crippen molar-refractivity contribution in [1.82, 2.24) is 0 Å². The third-order valence-corrected chi connectivity index (χ3v) is 6.70. The minimum Gasteiger partial charge on any atom is -0.398 e. The molecule has 0 heterocycles. The summed E-state index contributed by atoms with van der Waals surface area (Å²) in [5, 5.41) is 2.52. The second-order valence-corrected chi connectivity index (χ2v) is 8.78. The van der Waals surface area contributed by atoms with Crippen molar-refractivity contribution >= 4 is 16.5 Å². The molecule has 6 rings (SSSR count). The maximum Gasteiger partial charge on any atom is 0.0473 e. The Kier molecular flexibility index (Phi) is 5.37. The summed E-state index contributed by atoms with van der Waals surface area (Å²) in [6, 6.07) is 49.0. The lowest BCUT2D eigenvalue weighted by Crippen LogP contribution is -1.95. The van der Waals surface area contributed by atoms with Crippen LogP contribution in [0, 0.1) is 0 Å². The Morgan fingerprint density at radius 2 is 0.800 bits per heavy atom. The van der Waals surface area contributed by atoms with Crippen LogP contribution in [-0.4, -0.2) is 0 Å². The van der Waals surface area contributed by atoms with E-state index in [-0.39, 0.29) is 0 Å². The standard InChI is InChI=1S/C34H25N/c35-34-31(18-9-19-33(34)32-16-7-6-15-30(32)24-10-2-1-3-11-24)27-22-20-26(21-23-27)29-17-8-13-25-12-4-5-14-28(25)29/h1-23H,35H2. The van der Waals surface area contributed by atoms with Crippen LogP contribution in [0.25, 0.3) is 55.3 Å². The van der Waals surface area contributed by atoms with Gasteiger partial charge in [-0.05, 0) is 44.2 Å². The quantitative estimate of drug-likeness (QED) is 0.268. The lowest BCUT2D eigenvalue weighted by atomic mass is 9.90. The number of hydrogen-bond donors (Lipinski definition) is 1. The van der Waals surface area contributed by atoms with Crippen molar-refractivity contribution in [3.05, 3.63) is 140 Å². The van der Waals surface area contributed by atoms with Crippen LogP contribution < -0.4 is 5.73 Å². The molecule has 1 nitrogen and oxygen atoms in total. The first-order valence-electron chi connectivity index (χ1n) is 11.9. The predicted molar refractivity (Wildman–Crippen MR) is 150 cm³/mol. The number of nitrogen functional groups attached to an aromatic ring is 1.